The molecule has 2 rings (SSSR count). The second-order valence-corrected chi connectivity index (χ2v) is 9.03. The third-order valence-electron chi connectivity index (χ3n) is 4.51. The van der Waals surface area contributed by atoms with E-state index in [1.807, 2.05) is 24.5 Å². The highest BCUT2D eigenvalue weighted by molar-refractivity contribution is 5.49. The van der Waals surface area contributed by atoms with Gasteiger partial charge in [-0.1, -0.05) is 41.5 Å². The Bertz CT molecular complexity index is 720. The molecule has 0 aliphatic heterocycles. The summed E-state index contributed by atoms with van der Waals surface area (Å²) in [5.74, 6) is 0.409. The average Bonchev–Trinajstić information content (AvgIpc) is 2.46. The van der Waals surface area contributed by atoms with Gasteiger partial charge in [0, 0.05) is 28.3 Å². The topological polar surface area (TPSA) is 44.3 Å². The molecule has 1 atom stereocenters. The number of phenolic OH excluding ortho intramolecular Hbond substituents is 1. The standard InChI is InChI=1S/C22H31NO2.ClH/c1-15(24)17-9-8-10-23(14-17)13-16-11-18(21(2,3)4)20(25)19(12-16)22(5,6)7;/h8-12,14-15,24H,13H2,1-7H3;1H. The minimum atomic E-state index is -0.484. The van der Waals surface area contributed by atoms with Crippen molar-refractivity contribution in [2.75, 3.05) is 0 Å². The van der Waals surface area contributed by atoms with E-state index in [1.54, 1.807) is 6.92 Å². The van der Waals surface area contributed by atoms with Gasteiger partial charge >= 0.3 is 0 Å². The van der Waals surface area contributed by atoms with E-state index in [4.69, 9.17) is 0 Å². The number of hydrogen-bond donors (Lipinski definition) is 2. The molecule has 0 aliphatic carbocycles. The summed E-state index contributed by atoms with van der Waals surface area (Å²) in [7, 11) is 0. The van der Waals surface area contributed by atoms with E-state index >= 15 is 0 Å². The Hall–Kier alpha value is -1.58. The lowest BCUT2D eigenvalue weighted by atomic mass is 9.78. The van der Waals surface area contributed by atoms with Crippen LogP contribution in [0.5, 0.6) is 5.75 Å². The van der Waals surface area contributed by atoms with Crippen molar-refractivity contribution in [3.8, 4) is 5.75 Å². The van der Waals surface area contributed by atoms with Gasteiger partial charge in [0.25, 0.3) is 0 Å². The second kappa shape index (κ2) is 7.98. The Morgan fingerprint density at radius 1 is 1.00 bits per heavy atom. The summed E-state index contributed by atoms with van der Waals surface area (Å²) in [5, 5.41) is 20.6. The van der Waals surface area contributed by atoms with Gasteiger partial charge in [-0.25, -0.2) is 4.57 Å². The van der Waals surface area contributed by atoms with Crippen molar-refractivity contribution in [1.82, 2.24) is 0 Å². The van der Waals surface area contributed by atoms with Gasteiger partial charge in [-0.2, -0.15) is 0 Å². The predicted octanol–water partition coefficient (Wildman–Crippen LogP) is 1.38. The van der Waals surface area contributed by atoms with Crippen molar-refractivity contribution >= 4 is 0 Å². The average molecular weight is 378 g/mol. The Labute approximate surface area is 164 Å². The molecule has 1 heterocycles. The lowest BCUT2D eigenvalue weighted by molar-refractivity contribution is -0.688. The van der Waals surface area contributed by atoms with Crippen molar-refractivity contribution < 1.29 is 27.2 Å². The summed E-state index contributed by atoms with van der Waals surface area (Å²) in [4.78, 5) is 0. The van der Waals surface area contributed by atoms with E-state index < -0.39 is 6.10 Å². The quantitative estimate of drug-likeness (QED) is 0.794. The first kappa shape index (κ1) is 22.5. The zero-order chi connectivity index (χ0) is 19.0. The van der Waals surface area contributed by atoms with Gasteiger partial charge in [-0.15, -0.1) is 0 Å². The summed E-state index contributed by atoms with van der Waals surface area (Å²) >= 11 is 0. The molecule has 3 nitrogen and oxygen atoms in total. The van der Waals surface area contributed by atoms with Crippen LogP contribution in [0, 0.1) is 0 Å². The molecular weight excluding hydrogens is 346 g/mol. The third kappa shape index (κ3) is 5.21. The summed E-state index contributed by atoms with van der Waals surface area (Å²) in [6, 6.07) is 8.09. The van der Waals surface area contributed by atoms with E-state index in [2.05, 4.69) is 58.2 Å². The molecule has 0 radical (unpaired) electrons. The van der Waals surface area contributed by atoms with Crippen LogP contribution in [-0.2, 0) is 17.4 Å². The molecule has 1 aromatic heterocycles. The van der Waals surface area contributed by atoms with Crippen LogP contribution in [0.15, 0.2) is 36.7 Å². The molecule has 144 valence electrons. The fourth-order valence-electron chi connectivity index (χ4n) is 3.03. The van der Waals surface area contributed by atoms with Crippen LogP contribution < -0.4 is 17.0 Å². The monoisotopic (exact) mass is 377 g/mol. The number of nitrogens with zero attached hydrogens (tertiary/aromatic N) is 1. The van der Waals surface area contributed by atoms with Crippen LogP contribution in [0.1, 0.15) is 76.8 Å². The van der Waals surface area contributed by atoms with Crippen molar-refractivity contribution in [2.45, 2.75) is 71.9 Å². The number of halogens is 1. The molecule has 26 heavy (non-hydrogen) atoms. The minimum Gasteiger partial charge on any atom is -1.00 e. The molecule has 0 saturated heterocycles. The van der Waals surface area contributed by atoms with Crippen LogP contribution in [-0.4, -0.2) is 10.2 Å². The summed E-state index contributed by atoms with van der Waals surface area (Å²) in [6.45, 7) is 15.2. The SMILES string of the molecule is CC(O)c1ccc[n+](Cc2cc(C(C)(C)C)c(O)c(C(C)(C)C)c2)c1.[Cl-]. The molecule has 0 bridgehead atoms. The summed E-state index contributed by atoms with van der Waals surface area (Å²) in [5.41, 5.74) is 3.73. The molecule has 0 saturated carbocycles. The van der Waals surface area contributed by atoms with E-state index in [-0.39, 0.29) is 23.2 Å². The maximum absolute atomic E-state index is 10.8. The normalized spacial score (nSPS) is 13.2. The fraction of sp³-hybridized carbons (Fsp3) is 0.500. The van der Waals surface area contributed by atoms with Gasteiger partial charge in [0.15, 0.2) is 18.9 Å². The molecular formula is C22H32ClNO2. The molecule has 0 amide bonds. The van der Waals surface area contributed by atoms with Gasteiger partial charge < -0.3 is 22.6 Å². The Kier molecular flexibility index (Phi) is 6.89. The smallest absolute Gasteiger partial charge is 0.174 e. The van der Waals surface area contributed by atoms with Gasteiger partial charge in [0.2, 0.25) is 0 Å². The van der Waals surface area contributed by atoms with E-state index in [1.165, 1.54) is 0 Å². The van der Waals surface area contributed by atoms with E-state index in [0.717, 1.165) is 22.3 Å². The Morgan fingerprint density at radius 2 is 1.50 bits per heavy atom. The van der Waals surface area contributed by atoms with Crippen molar-refractivity contribution in [1.29, 1.82) is 0 Å². The van der Waals surface area contributed by atoms with Crippen LogP contribution in [0.25, 0.3) is 0 Å². The molecule has 4 heteroatoms. The molecule has 1 aromatic carbocycles. The van der Waals surface area contributed by atoms with Gasteiger partial charge in [0.1, 0.15) is 5.75 Å². The zero-order valence-electron chi connectivity index (χ0n) is 17.0. The highest BCUT2D eigenvalue weighted by Crippen LogP contribution is 2.39. The summed E-state index contributed by atoms with van der Waals surface area (Å²) < 4.78 is 2.08. The number of aliphatic hydroxyl groups is 1. The molecule has 2 N–H and O–H groups in total. The highest BCUT2D eigenvalue weighted by atomic mass is 35.5. The molecule has 2 aromatic rings. The lowest BCUT2D eigenvalue weighted by Gasteiger charge is -2.27. The number of phenols is 1. The predicted molar refractivity (Wildman–Crippen MR) is 102 cm³/mol. The number of aliphatic hydroxyl groups excluding tert-OH is 1. The van der Waals surface area contributed by atoms with Crippen LogP contribution in [0.3, 0.4) is 0 Å². The Balaban J connectivity index is 0.00000338. The number of benzene rings is 1. The maximum atomic E-state index is 10.8. The summed E-state index contributed by atoms with van der Waals surface area (Å²) in [6.07, 6.45) is 3.50. The number of aromatic nitrogens is 1. The highest BCUT2D eigenvalue weighted by Gasteiger charge is 2.27. The molecule has 0 fully saturated rings. The van der Waals surface area contributed by atoms with Gasteiger partial charge in [0.05, 0.1) is 6.10 Å². The second-order valence-electron chi connectivity index (χ2n) is 9.03. The maximum Gasteiger partial charge on any atom is 0.174 e. The molecule has 0 spiro atoms. The largest absolute Gasteiger partial charge is 1.00 e. The zero-order valence-corrected chi connectivity index (χ0v) is 17.7. The van der Waals surface area contributed by atoms with E-state index in [0.29, 0.717) is 12.3 Å². The Morgan fingerprint density at radius 3 is 1.92 bits per heavy atom. The first-order valence-corrected chi connectivity index (χ1v) is 8.93. The number of hydrogen-bond acceptors (Lipinski definition) is 2. The molecule has 0 aliphatic rings. The minimum absolute atomic E-state index is 0. The number of rotatable bonds is 3. The van der Waals surface area contributed by atoms with Gasteiger partial charge in [-0.05, 0) is 36.0 Å². The van der Waals surface area contributed by atoms with Crippen molar-refractivity contribution in [3.05, 3.63) is 58.9 Å². The molecule has 1 unspecified atom stereocenters. The van der Waals surface area contributed by atoms with Gasteiger partial charge in [-0.3, -0.25) is 0 Å². The lowest BCUT2D eigenvalue weighted by Crippen LogP contribution is -3.00. The first-order chi connectivity index (χ1) is 11.4. The number of pyridine rings is 1. The first-order valence-electron chi connectivity index (χ1n) is 8.93. The van der Waals surface area contributed by atoms with Crippen molar-refractivity contribution in [3.63, 3.8) is 0 Å². The van der Waals surface area contributed by atoms with Crippen molar-refractivity contribution in [2.24, 2.45) is 0 Å². The van der Waals surface area contributed by atoms with Crippen LogP contribution in [0.4, 0.5) is 0 Å². The third-order valence-corrected chi connectivity index (χ3v) is 4.51. The van der Waals surface area contributed by atoms with E-state index in [9.17, 15) is 10.2 Å². The number of aromatic hydroxyl groups is 1. The van der Waals surface area contributed by atoms with Crippen LogP contribution >= 0.6 is 0 Å². The fourth-order valence-corrected chi connectivity index (χ4v) is 3.03. The van der Waals surface area contributed by atoms with Crippen LogP contribution in [0.2, 0.25) is 0 Å².